The number of hydrogen-bond acceptors (Lipinski definition) is 1. The van der Waals surface area contributed by atoms with E-state index in [1.165, 1.54) is 7.11 Å². The predicted octanol–water partition coefficient (Wildman–Crippen LogP) is 2.28. The first-order chi connectivity index (χ1) is 5.27. The van der Waals surface area contributed by atoms with Crippen molar-refractivity contribution in [3.63, 3.8) is 0 Å². The van der Waals surface area contributed by atoms with Crippen LogP contribution >= 0.6 is 11.6 Å². The van der Waals surface area contributed by atoms with Crippen molar-refractivity contribution in [3.8, 4) is 5.75 Å². The maximum absolute atomic E-state index is 10.4. The molecule has 0 aliphatic carbocycles. The molecule has 0 heterocycles. The van der Waals surface area contributed by atoms with Gasteiger partial charge in [-0.2, -0.15) is 0 Å². The van der Waals surface area contributed by atoms with Gasteiger partial charge in [0.2, 0.25) is 0 Å². The SMILES string of the molecule is COc1ccc(C[O])cc1Cl. The molecule has 3 heteroatoms. The van der Waals surface area contributed by atoms with Gasteiger partial charge in [0.05, 0.1) is 12.1 Å². The van der Waals surface area contributed by atoms with Gasteiger partial charge in [-0.25, -0.2) is 5.11 Å². The lowest BCUT2D eigenvalue weighted by atomic mass is 10.2. The standard InChI is InChI=1S/C8H8ClO2/c1-11-8-3-2-6(5-10)4-7(8)9/h2-4H,5H2,1H3. The topological polar surface area (TPSA) is 29.1 Å². The van der Waals surface area contributed by atoms with Crippen molar-refractivity contribution in [1.29, 1.82) is 0 Å². The number of ether oxygens (including phenoxy) is 1. The van der Waals surface area contributed by atoms with Crippen LogP contribution in [0.25, 0.3) is 0 Å². The molecule has 0 N–H and O–H groups in total. The van der Waals surface area contributed by atoms with Crippen molar-refractivity contribution < 1.29 is 9.84 Å². The molecule has 1 aromatic rings. The second kappa shape index (κ2) is 3.60. The Morgan fingerprint density at radius 2 is 2.27 bits per heavy atom. The van der Waals surface area contributed by atoms with Gasteiger partial charge in [-0.15, -0.1) is 0 Å². The van der Waals surface area contributed by atoms with Crippen molar-refractivity contribution in [2.75, 3.05) is 7.11 Å². The molecule has 0 saturated carbocycles. The normalized spacial score (nSPS) is 9.73. The first kappa shape index (κ1) is 8.37. The molecule has 1 aromatic carbocycles. The fraction of sp³-hybridized carbons (Fsp3) is 0.250. The van der Waals surface area contributed by atoms with E-state index in [-0.39, 0.29) is 6.61 Å². The van der Waals surface area contributed by atoms with Crippen LogP contribution in [0.1, 0.15) is 5.56 Å². The summed E-state index contributed by atoms with van der Waals surface area (Å²) in [6.45, 7) is -0.246. The third-order valence-electron chi connectivity index (χ3n) is 1.38. The summed E-state index contributed by atoms with van der Waals surface area (Å²) < 4.78 is 4.91. The molecular weight excluding hydrogens is 164 g/mol. The minimum atomic E-state index is -0.246. The van der Waals surface area contributed by atoms with E-state index in [4.69, 9.17) is 16.3 Å². The molecule has 0 unspecified atom stereocenters. The van der Waals surface area contributed by atoms with Crippen LogP contribution in [0.4, 0.5) is 0 Å². The van der Waals surface area contributed by atoms with Crippen molar-refractivity contribution in [3.05, 3.63) is 28.8 Å². The third-order valence-corrected chi connectivity index (χ3v) is 1.68. The molecule has 0 atom stereocenters. The summed E-state index contributed by atoms with van der Waals surface area (Å²) in [4.78, 5) is 0. The smallest absolute Gasteiger partial charge is 0.137 e. The molecule has 0 amide bonds. The Balaban J connectivity index is 2.99. The van der Waals surface area contributed by atoms with Gasteiger partial charge in [0.1, 0.15) is 12.4 Å². The number of rotatable bonds is 2. The Morgan fingerprint density at radius 1 is 1.55 bits per heavy atom. The highest BCUT2D eigenvalue weighted by molar-refractivity contribution is 6.32. The Hall–Kier alpha value is -0.730. The summed E-state index contributed by atoms with van der Waals surface area (Å²) in [7, 11) is 1.54. The average Bonchev–Trinajstić information content (AvgIpc) is 2.04. The highest BCUT2D eigenvalue weighted by Gasteiger charge is 2.00. The molecule has 11 heavy (non-hydrogen) atoms. The first-order valence-corrected chi connectivity index (χ1v) is 3.56. The van der Waals surface area contributed by atoms with Crippen LogP contribution in [0.2, 0.25) is 5.02 Å². The minimum absolute atomic E-state index is 0.246. The van der Waals surface area contributed by atoms with E-state index in [2.05, 4.69) is 0 Å². The van der Waals surface area contributed by atoms with Crippen molar-refractivity contribution >= 4 is 11.6 Å². The second-order valence-corrected chi connectivity index (χ2v) is 2.52. The summed E-state index contributed by atoms with van der Waals surface area (Å²) in [6.07, 6.45) is 0. The van der Waals surface area contributed by atoms with E-state index in [9.17, 15) is 5.11 Å². The van der Waals surface area contributed by atoms with Crippen LogP contribution in [0.5, 0.6) is 5.75 Å². The molecule has 1 radical (unpaired) electrons. The van der Waals surface area contributed by atoms with Gasteiger partial charge >= 0.3 is 0 Å². The number of benzene rings is 1. The number of methoxy groups -OCH3 is 1. The van der Waals surface area contributed by atoms with Gasteiger partial charge in [-0.05, 0) is 17.7 Å². The lowest BCUT2D eigenvalue weighted by Gasteiger charge is -2.02. The summed E-state index contributed by atoms with van der Waals surface area (Å²) in [5.41, 5.74) is 0.677. The monoisotopic (exact) mass is 171 g/mol. The van der Waals surface area contributed by atoms with Gasteiger partial charge in [0.25, 0.3) is 0 Å². The van der Waals surface area contributed by atoms with E-state index < -0.39 is 0 Å². The molecule has 0 fully saturated rings. The Labute approximate surface area is 70.4 Å². The zero-order valence-corrected chi connectivity index (χ0v) is 6.89. The van der Waals surface area contributed by atoms with E-state index >= 15 is 0 Å². The van der Waals surface area contributed by atoms with Crippen molar-refractivity contribution in [1.82, 2.24) is 0 Å². The van der Waals surface area contributed by atoms with E-state index in [1.54, 1.807) is 18.2 Å². The molecule has 0 saturated heterocycles. The lowest BCUT2D eigenvalue weighted by Crippen LogP contribution is -1.86. The minimum Gasteiger partial charge on any atom is -0.495 e. The molecule has 0 spiro atoms. The summed E-state index contributed by atoms with van der Waals surface area (Å²) >= 11 is 5.74. The lowest BCUT2D eigenvalue weighted by molar-refractivity contribution is 0.177. The van der Waals surface area contributed by atoms with Gasteiger partial charge in [0.15, 0.2) is 0 Å². The fourth-order valence-corrected chi connectivity index (χ4v) is 1.08. The Morgan fingerprint density at radius 3 is 2.73 bits per heavy atom. The molecule has 2 nitrogen and oxygen atoms in total. The molecule has 0 bridgehead atoms. The fourth-order valence-electron chi connectivity index (χ4n) is 0.800. The zero-order chi connectivity index (χ0) is 8.27. The highest BCUT2D eigenvalue weighted by Crippen LogP contribution is 2.24. The number of hydrogen-bond donors (Lipinski definition) is 0. The first-order valence-electron chi connectivity index (χ1n) is 3.18. The molecule has 59 valence electrons. The van der Waals surface area contributed by atoms with Crippen LogP contribution in [0.15, 0.2) is 18.2 Å². The van der Waals surface area contributed by atoms with Crippen LogP contribution < -0.4 is 4.74 Å². The van der Waals surface area contributed by atoms with Gasteiger partial charge in [-0.3, -0.25) is 0 Å². The van der Waals surface area contributed by atoms with E-state index in [0.717, 1.165) is 0 Å². The van der Waals surface area contributed by atoms with Crippen molar-refractivity contribution in [2.45, 2.75) is 6.61 Å². The van der Waals surface area contributed by atoms with Gasteiger partial charge in [-0.1, -0.05) is 17.7 Å². The summed E-state index contributed by atoms with van der Waals surface area (Å²) in [5.74, 6) is 0.601. The van der Waals surface area contributed by atoms with Crippen molar-refractivity contribution in [2.24, 2.45) is 0 Å². The molecule has 1 rings (SSSR count). The quantitative estimate of drug-likeness (QED) is 0.671. The van der Waals surface area contributed by atoms with Crippen LogP contribution in [0, 0.1) is 0 Å². The predicted molar refractivity (Wildman–Crippen MR) is 42.4 cm³/mol. The molecule has 0 aromatic heterocycles. The van der Waals surface area contributed by atoms with Gasteiger partial charge < -0.3 is 4.74 Å². The van der Waals surface area contributed by atoms with Crippen LogP contribution in [0.3, 0.4) is 0 Å². The van der Waals surface area contributed by atoms with Crippen LogP contribution in [-0.4, -0.2) is 7.11 Å². The maximum Gasteiger partial charge on any atom is 0.137 e. The largest absolute Gasteiger partial charge is 0.495 e. The van der Waals surface area contributed by atoms with E-state index in [1.807, 2.05) is 0 Å². The third kappa shape index (κ3) is 1.85. The summed E-state index contributed by atoms with van der Waals surface area (Å²) in [5, 5.41) is 10.9. The highest BCUT2D eigenvalue weighted by atomic mass is 35.5. The Kier molecular flexibility index (Phi) is 2.74. The van der Waals surface area contributed by atoms with Gasteiger partial charge in [0, 0.05) is 0 Å². The maximum atomic E-state index is 10.4. The van der Waals surface area contributed by atoms with Crippen LogP contribution in [-0.2, 0) is 11.7 Å². The average molecular weight is 172 g/mol. The zero-order valence-electron chi connectivity index (χ0n) is 6.13. The number of halogens is 1. The molecule has 0 aliphatic heterocycles. The molecular formula is C8H8ClO2. The second-order valence-electron chi connectivity index (χ2n) is 2.11. The molecule has 0 aliphatic rings. The Bertz CT molecular complexity index is 248. The van der Waals surface area contributed by atoms with E-state index in [0.29, 0.717) is 16.3 Å². The summed E-state index contributed by atoms with van der Waals surface area (Å²) in [6, 6.07) is 5.01.